The van der Waals surface area contributed by atoms with Crippen LogP contribution in [0.25, 0.3) is 0 Å². The summed E-state index contributed by atoms with van der Waals surface area (Å²) >= 11 is 0. The number of benzene rings is 3. The fraction of sp³-hybridized carbons (Fsp3) is 0.355. The number of morpholine rings is 1. The van der Waals surface area contributed by atoms with E-state index in [1.165, 1.54) is 23.5 Å². The number of alkyl halides is 3. The SMILES string of the molecule is COc1ccc(S(=O)(=O)N2CC(C)O[C@@H]([C@H](Cc3ccccc3)NC(=O)[C@@H]3CN(c4ccc(C(F)(F)F)cc4)C(=O)O3)C2)cc1. The van der Waals surface area contributed by atoms with E-state index in [1.807, 2.05) is 30.3 Å². The highest BCUT2D eigenvalue weighted by molar-refractivity contribution is 7.89. The summed E-state index contributed by atoms with van der Waals surface area (Å²) < 4.78 is 84.1. The summed E-state index contributed by atoms with van der Waals surface area (Å²) in [6.07, 6.45) is -7.68. The van der Waals surface area contributed by atoms with Crippen LogP contribution in [-0.2, 0) is 36.9 Å². The largest absolute Gasteiger partial charge is 0.497 e. The number of amides is 2. The molecular weight excluding hydrogens is 615 g/mol. The molecular formula is C31H32F3N3O7S. The lowest BCUT2D eigenvalue weighted by Crippen LogP contribution is -2.58. The second-order valence-electron chi connectivity index (χ2n) is 10.8. The minimum atomic E-state index is -4.54. The highest BCUT2D eigenvalue weighted by Gasteiger charge is 2.42. The van der Waals surface area contributed by atoms with Gasteiger partial charge in [0, 0.05) is 18.8 Å². The Hall–Kier alpha value is -4.14. The fourth-order valence-corrected chi connectivity index (χ4v) is 6.85. The first-order valence-corrected chi connectivity index (χ1v) is 15.6. The van der Waals surface area contributed by atoms with Gasteiger partial charge in [0.25, 0.3) is 5.91 Å². The quantitative estimate of drug-likeness (QED) is 0.370. The molecule has 3 aromatic rings. The third kappa shape index (κ3) is 7.40. The van der Waals surface area contributed by atoms with Gasteiger partial charge in [0.2, 0.25) is 10.0 Å². The highest BCUT2D eigenvalue weighted by atomic mass is 32.2. The monoisotopic (exact) mass is 647 g/mol. The van der Waals surface area contributed by atoms with Crippen molar-refractivity contribution in [2.24, 2.45) is 0 Å². The molecule has 1 N–H and O–H groups in total. The Kier molecular flexibility index (Phi) is 9.37. The van der Waals surface area contributed by atoms with Crippen molar-refractivity contribution in [3.05, 3.63) is 90.0 Å². The predicted molar refractivity (Wildman–Crippen MR) is 157 cm³/mol. The van der Waals surface area contributed by atoms with E-state index in [1.54, 1.807) is 19.1 Å². The van der Waals surface area contributed by atoms with E-state index in [2.05, 4.69) is 5.32 Å². The molecule has 0 aliphatic carbocycles. The van der Waals surface area contributed by atoms with Crippen LogP contribution in [0.15, 0.2) is 83.8 Å². The second-order valence-corrected chi connectivity index (χ2v) is 12.8. The molecule has 2 amide bonds. The molecule has 0 bridgehead atoms. The normalized spacial score (nSPS) is 21.7. The third-order valence-electron chi connectivity index (χ3n) is 7.63. The van der Waals surface area contributed by atoms with Crippen molar-refractivity contribution < 1.29 is 45.4 Å². The molecule has 14 heteroatoms. The summed E-state index contributed by atoms with van der Waals surface area (Å²) in [6.45, 7) is 1.55. The van der Waals surface area contributed by atoms with E-state index in [-0.39, 0.29) is 36.6 Å². The molecule has 0 aromatic heterocycles. The van der Waals surface area contributed by atoms with Crippen LogP contribution in [0.5, 0.6) is 5.75 Å². The van der Waals surface area contributed by atoms with Gasteiger partial charge in [0.1, 0.15) is 5.75 Å². The van der Waals surface area contributed by atoms with E-state index in [4.69, 9.17) is 14.2 Å². The van der Waals surface area contributed by atoms with Gasteiger partial charge in [-0.2, -0.15) is 17.5 Å². The van der Waals surface area contributed by atoms with Gasteiger partial charge < -0.3 is 19.5 Å². The molecule has 2 saturated heterocycles. The maximum Gasteiger partial charge on any atom is 0.416 e. The zero-order valence-electron chi connectivity index (χ0n) is 24.4. The zero-order chi connectivity index (χ0) is 32.4. The summed E-state index contributed by atoms with van der Waals surface area (Å²) in [5.74, 6) is -0.137. The van der Waals surface area contributed by atoms with Gasteiger partial charge in [0.15, 0.2) is 6.10 Å². The number of methoxy groups -OCH3 is 1. The number of sulfonamides is 1. The topological polar surface area (TPSA) is 114 Å². The average molecular weight is 648 g/mol. The molecule has 10 nitrogen and oxygen atoms in total. The Morgan fingerprint density at radius 3 is 2.29 bits per heavy atom. The van der Waals surface area contributed by atoms with E-state index >= 15 is 0 Å². The second kappa shape index (κ2) is 13.1. The summed E-state index contributed by atoms with van der Waals surface area (Å²) in [5, 5.41) is 2.89. The number of nitrogens with one attached hydrogen (secondary N) is 1. The number of rotatable bonds is 9. The number of hydrogen-bond donors (Lipinski definition) is 1. The van der Waals surface area contributed by atoms with Gasteiger partial charge in [-0.25, -0.2) is 13.2 Å². The first-order valence-electron chi connectivity index (χ1n) is 14.1. The molecule has 2 fully saturated rings. The Morgan fingerprint density at radius 1 is 1.00 bits per heavy atom. The minimum Gasteiger partial charge on any atom is -0.497 e. The van der Waals surface area contributed by atoms with E-state index < -0.39 is 58.1 Å². The molecule has 0 spiro atoms. The molecule has 2 heterocycles. The Balaban J connectivity index is 1.34. The Labute approximate surface area is 258 Å². The lowest BCUT2D eigenvalue weighted by Gasteiger charge is -2.40. The molecule has 0 saturated carbocycles. The van der Waals surface area contributed by atoms with Gasteiger partial charge in [-0.05, 0) is 67.4 Å². The zero-order valence-corrected chi connectivity index (χ0v) is 25.3. The molecule has 3 aromatic carbocycles. The van der Waals surface area contributed by atoms with Gasteiger partial charge in [-0.1, -0.05) is 30.3 Å². The first kappa shape index (κ1) is 32.3. The smallest absolute Gasteiger partial charge is 0.416 e. The van der Waals surface area contributed by atoms with Gasteiger partial charge in [0.05, 0.1) is 42.4 Å². The number of hydrogen-bond acceptors (Lipinski definition) is 7. The van der Waals surface area contributed by atoms with E-state index in [0.717, 1.165) is 34.7 Å². The van der Waals surface area contributed by atoms with Crippen LogP contribution in [0.2, 0.25) is 0 Å². The van der Waals surface area contributed by atoms with Crippen LogP contribution < -0.4 is 15.0 Å². The number of carbonyl (C=O) groups excluding carboxylic acids is 2. The molecule has 5 rings (SSSR count). The lowest BCUT2D eigenvalue weighted by molar-refractivity contribution is -0.137. The van der Waals surface area contributed by atoms with Crippen LogP contribution in [0.1, 0.15) is 18.1 Å². The summed E-state index contributed by atoms with van der Waals surface area (Å²) in [4.78, 5) is 27.3. The molecule has 0 radical (unpaired) electrons. The summed E-state index contributed by atoms with van der Waals surface area (Å²) in [5.41, 5.74) is 0.124. The number of ether oxygens (including phenoxy) is 3. The number of carbonyl (C=O) groups is 2. The number of cyclic esters (lactones) is 1. The first-order chi connectivity index (χ1) is 21.3. The van der Waals surface area contributed by atoms with Crippen LogP contribution in [0, 0.1) is 0 Å². The van der Waals surface area contributed by atoms with Crippen molar-refractivity contribution in [3.8, 4) is 5.75 Å². The molecule has 240 valence electrons. The van der Waals surface area contributed by atoms with Crippen molar-refractivity contribution in [1.82, 2.24) is 9.62 Å². The predicted octanol–water partition coefficient (Wildman–Crippen LogP) is 4.24. The van der Waals surface area contributed by atoms with Gasteiger partial charge >= 0.3 is 12.3 Å². The van der Waals surface area contributed by atoms with Crippen LogP contribution in [0.3, 0.4) is 0 Å². The van der Waals surface area contributed by atoms with Crippen molar-refractivity contribution in [3.63, 3.8) is 0 Å². The Bertz CT molecular complexity index is 1600. The summed E-state index contributed by atoms with van der Waals surface area (Å²) in [6, 6.07) is 18.5. The molecule has 2 aliphatic rings. The van der Waals surface area contributed by atoms with Crippen molar-refractivity contribution >= 4 is 27.7 Å². The Morgan fingerprint density at radius 2 is 1.67 bits per heavy atom. The van der Waals surface area contributed by atoms with Gasteiger partial charge in [-0.15, -0.1) is 0 Å². The maximum atomic E-state index is 13.6. The third-order valence-corrected chi connectivity index (χ3v) is 9.48. The van der Waals surface area contributed by atoms with Crippen LogP contribution in [-0.4, -0.2) is 75.8 Å². The molecule has 2 aliphatic heterocycles. The van der Waals surface area contributed by atoms with Crippen molar-refractivity contribution in [2.75, 3.05) is 31.6 Å². The standard InChI is InChI=1S/C31H32F3N3O7S/c1-20-17-36(45(40,41)25-14-12-24(42-2)13-15-25)18-27(43-20)26(16-21-6-4-3-5-7-21)35-29(38)28-19-37(30(39)44-28)23-10-8-22(9-11-23)31(32,33)34/h3-15,20,26-28H,16-19H2,1-2H3,(H,35,38)/t20?,26-,27+,28-/m0/s1. The number of anilines is 1. The number of halogens is 3. The van der Waals surface area contributed by atoms with Crippen molar-refractivity contribution in [2.45, 2.75) is 48.8 Å². The molecule has 4 atom stereocenters. The van der Waals surface area contributed by atoms with E-state index in [9.17, 15) is 31.2 Å². The molecule has 1 unspecified atom stereocenters. The summed E-state index contributed by atoms with van der Waals surface area (Å²) in [7, 11) is -2.44. The highest BCUT2D eigenvalue weighted by Crippen LogP contribution is 2.32. The average Bonchev–Trinajstić information content (AvgIpc) is 3.42. The lowest BCUT2D eigenvalue weighted by atomic mass is 9.99. The van der Waals surface area contributed by atoms with Gasteiger partial charge in [-0.3, -0.25) is 9.69 Å². The van der Waals surface area contributed by atoms with Crippen molar-refractivity contribution in [1.29, 1.82) is 0 Å². The fourth-order valence-electron chi connectivity index (χ4n) is 5.32. The minimum absolute atomic E-state index is 0.0569. The number of nitrogens with zero attached hydrogens (tertiary/aromatic N) is 2. The maximum absolute atomic E-state index is 13.6. The van der Waals surface area contributed by atoms with Crippen LogP contribution >= 0.6 is 0 Å². The van der Waals surface area contributed by atoms with E-state index in [0.29, 0.717) is 5.75 Å². The van der Waals surface area contributed by atoms with Crippen LogP contribution in [0.4, 0.5) is 23.7 Å². The molecule has 45 heavy (non-hydrogen) atoms.